The number of hydrogen-bond donors (Lipinski definition) is 0. The first-order valence-electron chi connectivity index (χ1n) is 16.5. The number of rotatable bonds is 2. The van der Waals surface area contributed by atoms with Gasteiger partial charge in [-0.3, -0.25) is 0 Å². The van der Waals surface area contributed by atoms with Gasteiger partial charge in [0.2, 0.25) is 0 Å². The van der Waals surface area contributed by atoms with E-state index in [0.29, 0.717) is 0 Å². The molecule has 0 aromatic heterocycles. The Labute approximate surface area is 279 Å². The molecule has 0 saturated heterocycles. The highest BCUT2D eigenvalue weighted by atomic mass is 16.5. The van der Waals surface area contributed by atoms with Gasteiger partial charge in [0.25, 0.3) is 13.4 Å². The molecule has 0 saturated carbocycles. The molecule has 0 spiro atoms. The summed E-state index contributed by atoms with van der Waals surface area (Å²) in [6.45, 7) is 0.0241. The molecule has 222 valence electrons. The van der Waals surface area contributed by atoms with Gasteiger partial charge < -0.3 is 19.3 Å². The van der Waals surface area contributed by atoms with E-state index in [9.17, 15) is 0 Å². The van der Waals surface area contributed by atoms with Crippen molar-refractivity contribution < 1.29 is 9.47 Å². The van der Waals surface area contributed by atoms with Crippen molar-refractivity contribution in [2.24, 2.45) is 0 Å². The summed E-state index contributed by atoms with van der Waals surface area (Å²) in [5.74, 6) is 3.62. The van der Waals surface area contributed by atoms with Crippen LogP contribution in [0.25, 0.3) is 0 Å². The lowest BCUT2D eigenvalue weighted by atomic mass is 9.31. The third-order valence-corrected chi connectivity index (χ3v) is 10.4. The fourth-order valence-electron chi connectivity index (χ4n) is 8.47. The fraction of sp³-hybridized carbons (Fsp3) is 0. The highest BCUT2D eigenvalue weighted by molar-refractivity contribution is 7.02. The minimum absolute atomic E-state index is 0.0118. The highest BCUT2D eigenvalue weighted by Crippen LogP contribution is 2.44. The van der Waals surface area contributed by atoms with Gasteiger partial charge in [-0.15, -0.1) is 0 Å². The zero-order valence-electron chi connectivity index (χ0n) is 25.9. The molecule has 0 bridgehead atoms. The van der Waals surface area contributed by atoms with Crippen LogP contribution in [0.15, 0.2) is 158 Å². The molecule has 11 rings (SSSR count). The normalized spacial score (nSPS) is 14.0. The van der Waals surface area contributed by atoms with E-state index in [2.05, 4.69) is 168 Å². The number of anilines is 6. The van der Waals surface area contributed by atoms with E-state index in [1.54, 1.807) is 0 Å². The first kappa shape index (κ1) is 26.0. The molecule has 4 aliphatic heterocycles. The Kier molecular flexibility index (Phi) is 5.25. The first-order valence-corrected chi connectivity index (χ1v) is 16.5. The monoisotopic (exact) mass is 612 g/mol. The van der Waals surface area contributed by atoms with Crippen LogP contribution in [-0.4, -0.2) is 13.4 Å². The number of benzene rings is 7. The van der Waals surface area contributed by atoms with Crippen LogP contribution in [-0.2, 0) is 0 Å². The van der Waals surface area contributed by atoms with Crippen molar-refractivity contribution in [3.63, 3.8) is 0 Å². The minimum Gasteiger partial charge on any atom is -0.458 e. The molecule has 0 fully saturated rings. The molecule has 0 radical (unpaired) electrons. The third kappa shape index (κ3) is 3.46. The molecule has 4 nitrogen and oxygen atoms in total. The predicted molar refractivity (Wildman–Crippen MR) is 198 cm³/mol. The number of nitrogens with zero attached hydrogens (tertiary/aromatic N) is 2. The van der Waals surface area contributed by atoms with E-state index in [1.807, 2.05) is 0 Å². The van der Waals surface area contributed by atoms with Crippen molar-refractivity contribution in [1.29, 1.82) is 0 Å². The van der Waals surface area contributed by atoms with E-state index < -0.39 is 0 Å². The molecular formula is C42H26B2N2O2. The van der Waals surface area contributed by atoms with E-state index in [1.165, 1.54) is 38.5 Å². The largest absolute Gasteiger partial charge is 0.458 e. The quantitative estimate of drug-likeness (QED) is 0.209. The lowest BCUT2D eigenvalue weighted by Gasteiger charge is -2.42. The Morgan fingerprint density at radius 2 is 0.833 bits per heavy atom. The van der Waals surface area contributed by atoms with E-state index >= 15 is 0 Å². The van der Waals surface area contributed by atoms with Crippen LogP contribution in [0.5, 0.6) is 23.0 Å². The van der Waals surface area contributed by atoms with Gasteiger partial charge in [0.05, 0.1) is 0 Å². The van der Waals surface area contributed by atoms with Crippen LogP contribution in [0.3, 0.4) is 0 Å². The van der Waals surface area contributed by atoms with Crippen LogP contribution in [0.4, 0.5) is 34.1 Å². The van der Waals surface area contributed by atoms with Crippen LogP contribution in [0.1, 0.15) is 0 Å². The van der Waals surface area contributed by atoms with Crippen LogP contribution >= 0.6 is 0 Å². The first-order chi connectivity index (χ1) is 23.8. The van der Waals surface area contributed by atoms with Gasteiger partial charge in [-0.1, -0.05) is 91.0 Å². The van der Waals surface area contributed by atoms with Gasteiger partial charge in [0, 0.05) is 40.2 Å². The third-order valence-electron chi connectivity index (χ3n) is 10.4. The molecule has 0 N–H and O–H groups in total. The lowest BCUT2D eigenvalue weighted by molar-refractivity contribution is 0.487. The summed E-state index contributed by atoms with van der Waals surface area (Å²) in [6, 6.07) is 56.2. The second-order valence-corrected chi connectivity index (χ2v) is 12.8. The van der Waals surface area contributed by atoms with Gasteiger partial charge in [0.15, 0.2) is 0 Å². The maximum atomic E-state index is 6.96. The Morgan fingerprint density at radius 3 is 1.52 bits per heavy atom. The van der Waals surface area contributed by atoms with Gasteiger partial charge >= 0.3 is 0 Å². The summed E-state index contributed by atoms with van der Waals surface area (Å²) in [4.78, 5) is 4.76. The molecule has 6 heteroatoms. The van der Waals surface area contributed by atoms with Crippen LogP contribution < -0.4 is 52.1 Å². The molecule has 0 atom stereocenters. The number of para-hydroxylation sites is 4. The van der Waals surface area contributed by atoms with Gasteiger partial charge in [-0.05, 0) is 93.4 Å². The van der Waals surface area contributed by atoms with E-state index in [-0.39, 0.29) is 13.4 Å². The van der Waals surface area contributed by atoms with Crippen molar-refractivity contribution in [2.75, 3.05) is 9.80 Å². The van der Waals surface area contributed by atoms with Crippen molar-refractivity contribution in [2.45, 2.75) is 0 Å². The summed E-state index contributed by atoms with van der Waals surface area (Å²) in [5, 5.41) is 0. The lowest BCUT2D eigenvalue weighted by Crippen LogP contribution is -2.63. The summed E-state index contributed by atoms with van der Waals surface area (Å²) in [6.07, 6.45) is 0. The summed E-state index contributed by atoms with van der Waals surface area (Å²) in [5.41, 5.74) is 14.1. The fourth-order valence-corrected chi connectivity index (χ4v) is 8.47. The van der Waals surface area contributed by atoms with Crippen molar-refractivity contribution >= 4 is 80.3 Å². The zero-order chi connectivity index (χ0) is 31.3. The molecule has 4 aliphatic rings. The smallest absolute Gasteiger partial charge is 0.256 e. The zero-order valence-corrected chi connectivity index (χ0v) is 25.9. The van der Waals surface area contributed by atoms with Gasteiger partial charge in [-0.2, -0.15) is 0 Å². The highest BCUT2D eigenvalue weighted by Gasteiger charge is 2.46. The topological polar surface area (TPSA) is 24.9 Å². The Morgan fingerprint density at radius 1 is 0.333 bits per heavy atom. The Bertz CT molecular complexity index is 2450. The Hall–Kier alpha value is -6.13. The second-order valence-electron chi connectivity index (χ2n) is 12.8. The molecule has 0 aliphatic carbocycles. The van der Waals surface area contributed by atoms with Crippen molar-refractivity contribution in [1.82, 2.24) is 0 Å². The number of ether oxygens (including phenoxy) is 2. The van der Waals surface area contributed by atoms with Crippen LogP contribution in [0, 0.1) is 0 Å². The standard InChI is InChI=1S/C42H26B2N2O2/c1-3-13-27(14-4-1)45-33-19-9-7-17-29(33)43-32-25-31-36(26-40(32)48-39-24-11-20-34(45)41(39)43)46(28-15-5-2-6-16-28)35-21-12-23-38-42(35)44(31)30-18-8-10-22-37(30)47-38/h1-26H. The van der Waals surface area contributed by atoms with Crippen molar-refractivity contribution in [3.8, 4) is 23.0 Å². The summed E-state index contributed by atoms with van der Waals surface area (Å²) in [7, 11) is 0. The molecule has 0 unspecified atom stereocenters. The number of fused-ring (bicyclic) bond motifs is 8. The average molecular weight is 612 g/mol. The predicted octanol–water partition coefficient (Wildman–Crippen LogP) is 6.50. The van der Waals surface area contributed by atoms with E-state index in [4.69, 9.17) is 9.47 Å². The molecular weight excluding hydrogens is 586 g/mol. The van der Waals surface area contributed by atoms with Crippen molar-refractivity contribution in [3.05, 3.63) is 158 Å². The molecule has 0 amide bonds. The number of hydrogen-bond acceptors (Lipinski definition) is 4. The maximum Gasteiger partial charge on any atom is 0.256 e. The van der Waals surface area contributed by atoms with Gasteiger partial charge in [0.1, 0.15) is 23.0 Å². The Balaban J connectivity index is 1.20. The molecule has 48 heavy (non-hydrogen) atoms. The minimum atomic E-state index is 0.0118. The molecule has 7 aromatic rings. The summed E-state index contributed by atoms with van der Waals surface area (Å²) < 4.78 is 13.6. The molecule has 7 aromatic carbocycles. The molecule has 4 heterocycles. The SMILES string of the molecule is c1ccc(N2c3ccccc3B3c4cc5c(cc4Oc4cccc2c43)N(c2ccccc2)c2cccc3c2B5c2ccccc2O3)cc1. The van der Waals surface area contributed by atoms with Gasteiger partial charge in [-0.25, -0.2) is 0 Å². The average Bonchev–Trinajstić information content (AvgIpc) is 3.14. The van der Waals surface area contributed by atoms with Crippen LogP contribution in [0.2, 0.25) is 0 Å². The maximum absolute atomic E-state index is 6.96. The summed E-state index contributed by atoms with van der Waals surface area (Å²) >= 11 is 0. The second kappa shape index (κ2) is 9.69. The van der Waals surface area contributed by atoms with E-state index in [0.717, 1.165) is 51.4 Å².